The van der Waals surface area contributed by atoms with Gasteiger partial charge in [0.15, 0.2) is 0 Å². The molecule has 1 rings (SSSR count). The number of hydrogen-bond acceptors (Lipinski definition) is 3. The fraction of sp³-hybridized carbons (Fsp3) is 0.619. The summed E-state index contributed by atoms with van der Waals surface area (Å²) < 4.78 is 37.5. The van der Waals surface area contributed by atoms with Crippen LogP contribution in [0.15, 0.2) is 24.3 Å². The van der Waals surface area contributed by atoms with Crippen LogP contribution in [0.25, 0.3) is 0 Å². The van der Waals surface area contributed by atoms with Gasteiger partial charge in [-0.1, -0.05) is 32.1 Å². The minimum atomic E-state index is -4.39. The first-order chi connectivity index (χ1) is 14.1. The highest BCUT2D eigenvalue weighted by Crippen LogP contribution is 2.29. The third kappa shape index (κ3) is 10.5. The molecule has 9 heteroatoms. The van der Waals surface area contributed by atoms with Gasteiger partial charge in [0.05, 0.1) is 5.56 Å². The maximum Gasteiger partial charge on any atom is 0.416 e. The number of carbonyl (C=O) groups excluding carboxylic acids is 1. The first kappa shape index (κ1) is 25.7. The molecule has 0 bridgehead atoms. The Balaban J connectivity index is 2.02. The quantitative estimate of drug-likeness (QED) is 0.386. The number of rotatable bonds is 13. The van der Waals surface area contributed by atoms with E-state index >= 15 is 0 Å². The number of nitrogens with zero attached hydrogens (tertiary/aromatic N) is 1. The number of halogens is 3. The number of hydrogen-bond donors (Lipinski definition) is 3. The molecule has 0 fully saturated rings. The lowest BCUT2D eigenvalue weighted by molar-refractivity contribution is -0.142. The van der Waals surface area contributed by atoms with Gasteiger partial charge in [-0.2, -0.15) is 13.2 Å². The summed E-state index contributed by atoms with van der Waals surface area (Å²) in [6, 6.07) is 3.41. The Morgan fingerprint density at radius 2 is 1.53 bits per heavy atom. The maximum absolute atomic E-state index is 12.5. The fourth-order valence-electron chi connectivity index (χ4n) is 2.87. The zero-order valence-electron chi connectivity index (χ0n) is 17.6. The van der Waals surface area contributed by atoms with Crippen LogP contribution in [0.2, 0.25) is 0 Å². The minimum Gasteiger partial charge on any atom is -0.480 e. The number of nitrogens with one attached hydrogen (secondary N) is 2. The van der Waals surface area contributed by atoms with Crippen molar-refractivity contribution in [2.45, 2.75) is 64.1 Å². The average Bonchev–Trinajstić information content (AvgIpc) is 2.68. The second-order valence-corrected chi connectivity index (χ2v) is 7.43. The molecule has 0 saturated heterocycles. The van der Waals surface area contributed by atoms with Crippen LogP contribution in [0.3, 0.4) is 0 Å². The van der Waals surface area contributed by atoms with Gasteiger partial charge in [0.2, 0.25) is 0 Å². The second-order valence-electron chi connectivity index (χ2n) is 7.43. The van der Waals surface area contributed by atoms with E-state index in [4.69, 9.17) is 5.11 Å². The summed E-state index contributed by atoms with van der Waals surface area (Å²) in [7, 11) is 1.82. The topological polar surface area (TPSA) is 81.7 Å². The number of benzene rings is 1. The number of amides is 2. The second kappa shape index (κ2) is 13.1. The molecule has 0 aliphatic rings. The van der Waals surface area contributed by atoms with Gasteiger partial charge in [-0.05, 0) is 57.6 Å². The van der Waals surface area contributed by atoms with Crippen molar-refractivity contribution in [3.8, 4) is 0 Å². The summed E-state index contributed by atoms with van der Waals surface area (Å²) in [4.78, 5) is 24.5. The number of anilines is 1. The predicted molar refractivity (Wildman–Crippen MR) is 111 cm³/mol. The highest BCUT2D eigenvalue weighted by molar-refractivity contribution is 5.89. The van der Waals surface area contributed by atoms with Crippen molar-refractivity contribution in [2.24, 2.45) is 0 Å². The van der Waals surface area contributed by atoms with Crippen molar-refractivity contribution in [3.63, 3.8) is 0 Å². The number of likely N-dealkylation sites (N-methyl/N-ethyl adjacent to an activating group) is 1. The molecule has 1 aromatic rings. The Kier molecular flexibility index (Phi) is 11.2. The third-order valence-corrected chi connectivity index (χ3v) is 4.96. The summed E-state index contributed by atoms with van der Waals surface area (Å²) >= 11 is 0. The van der Waals surface area contributed by atoms with Crippen molar-refractivity contribution in [2.75, 3.05) is 25.5 Å². The normalized spacial score (nSPS) is 12.6. The lowest BCUT2D eigenvalue weighted by atomic mass is 10.1. The van der Waals surface area contributed by atoms with E-state index in [-0.39, 0.29) is 0 Å². The Hall–Kier alpha value is -2.29. The molecular weight excluding hydrogens is 399 g/mol. The van der Waals surface area contributed by atoms with E-state index in [1.807, 2.05) is 11.9 Å². The van der Waals surface area contributed by atoms with E-state index in [0.29, 0.717) is 12.2 Å². The maximum atomic E-state index is 12.5. The zero-order chi connectivity index (χ0) is 22.6. The molecule has 30 heavy (non-hydrogen) atoms. The van der Waals surface area contributed by atoms with Crippen molar-refractivity contribution in [1.82, 2.24) is 10.2 Å². The summed E-state index contributed by atoms with van der Waals surface area (Å²) in [5.74, 6) is -0.806. The van der Waals surface area contributed by atoms with Gasteiger partial charge in [-0.25, -0.2) is 4.79 Å². The number of aliphatic carboxylic acids is 1. The number of carboxylic acid groups (broad SMARTS) is 1. The molecule has 170 valence electrons. The van der Waals surface area contributed by atoms with Gasteiger partial charge in [0.25, 0.3) is 0 Å². The van der Waals surface area contributed by atoms with E-state index in [1.165, 1.54) is 12.1 Å². The number of urea groups is 1. The molecule has 1 aromatic carbocycles. The number of carboxylic acids is 1. The molecule has 1 unspecified atom stereocenters. The molecule has 0 radical (unpaired) electrons. The van der Waals surface area contributed by atoms with Gasteiger partial charge in [0.1, 0.15) is 6.04 Å². The van der Waals surface area contributed by atoms with Gasteiger partial charge in [-0.15, -0.1) is 0 Å². The fourth-order valence-corrected chi connectivity index (χ4v) is 2.87. The molecule has 0 aromatic heterocycles. The molecule has 6 nitrogen and oxygen atoms in total. The van der Waals surface area contributed by atoms with Crippen molar-refractivity contribution >= 4 is 17.7 Å². The molecule has 0 aliphatic heterocycles. The summed E-state index contributed by atoms with van der Waals surface area (Å²) in [5.41, 5.74) is -0.445. The average molecular weight is 431 g/mol. The first-order valence-corrected chi connectivity index (χ1v) is 10.3. The third-order valence-electron chi connectivity index (χ3n) is 4.96. The van der Waals surface area contributed by atoms with Crippen molar-refractivity contribution < 1.29 is 27.9 Å². The summed E-state index contributed by atoms with van der Waals surface area (Å²) in [6.45, 7) is 2.95. The highest BCUT2D eigenvalue weighted by atomic mass is 19.4. The Morgan fingerprint density at radius 3 is 2.07 bits per heavy atom. The van der Waals surface area contributed by atoms with E-state index < -0.39 is 29.8 Å². The van der Waals surface area contributed by atoms with Crippen LogP contribution >= 0.6 is 0 Å². The van der Waals surface area contributed by atoms with Crippen LogP contribution in [0.4, 0.5) is 23.7 Å². The van der Waals surface area contributed by atoms with Crippen LogP contribution < -0.4 is 10.6 Å². The Morgan fingerprint density at radius 1 is 1.00 bits per heavy atom. The number of alkyl halides is 3. The predicted octanol–water partition coefficient (Wildman–Crippen LogP) is 4.96. The van der Waals surface area contributed by atoms with E-state index in [2.05, 4.69) is 10.6 Å². The largest absolute Gasteiger partial charge is 0.480 e. The van der Waals surface area contributed by atoms with Crippen LogP contribution in [-0.2, 0) is 11.0 Å². The molecule has 3 N–H and O–H groups in total. The van der Waals surface area contributed by atoms with Crippen molar-refractivity contribution in [3.05, 3.63) is 29.8 Å². The monoisotopic (exact) mass is 431 g/mol. The SMILES string of the molecule is CC(C(=O)O)N(C)CCCCCCCCCNC(=O)Nc1ccc(C(F)(F)F)cc1. The van der Waals surface area contributed by atoms with Crippen LogP contribution in [-0.4, -0.2) is 48.2 Å². The van der Waals surface area contributed by atoms with Gasteiger partial charge in [0, 0.05) is 12.2 Å². The Labute approximate surface area is 175 Å². The van der Waals surface area contributed by atoms with Gasteiger partial charge < -0.3 is 15.7 Å². The standard InChI is InChI=1S/C21H32F3N3O3/c1-16(19(28)29)27(2)15-9-7-5-3-4-6-8-14-25-20(30)26-18-12-10-17(11-13-18)21(22,23)24/h10-13,16H,3-9,14-15H2,1-2H3,(H,28,29)(H2,25,26,30). The zero-order valence-corrected chi connectivity index (χ0v) is 17.6. The summed E-state index contributed by atoms with van der Waals surface area (Å²) in [6.07, 6.45) is 2.70. The highest BCUT2D eigenvalue weighted by Gasteiger charge is 2.29. The van der Waals surface area contributed by atoms with Gasteiger partial charge >= 0.3 is 18.2 Å². The molecule has 0 heterocycles. The molecule has 1 atom stereocenters. The lowest BCUT2D eigenvalue weighted by Gasteiger charge is -2.20. The van der Waals surface area contributed by atoms with E-state index in [9.17, 15) is 22.8 Å². The molecule has 0 saturated carbocycles. The molecular formula is C21H32F3N3O3. The lowest BCUT2D eigenvalue weighted by Crippen LogP contribution is -2.36. The van der Waals surface area contributed by atoms with Crippen LogP contribution in [0, 0.1) is 0 Å². The van der Waals surface area contributed by atoms with Crippen LogP contribution in [0.1, 0.15) is 57.4 Å². The van der Waals surface area contributed by atoms with Crippen molar-refractivity contribution in [1.29, 1.82) is 0 Å². The molecule has 0 spiro atoms. The number of carbonyl (C=O) groups is 2. The Bertz CT molecular complexity index is 651. The number of unbranched alkanes of at least 4 members (excludes halogenated alkanes) is 6. The summed E-state index contributed by atoms with van der Waals surface area (Å²) in [5, 5.41) is 14.1. The smallest absolute Gasteiger partial charge is 0.416 e. The molecule has 0 aliphatic carbocycles. The first-order valence-electron chi connectivity index (χ1n) is 10.3. The van der Waals surface area contributed by atoms with Gasteiger partial charge in [-0.3, -0.25) is 9.69 Å². The van der Waals surface area contributed by atoms with E-state index in [0.717, 1.165) is 63.6 Å². The minimum absolute atomic E-state index is 0.309. The van der Waals surface area contributed by atoms with Crippen LogP contribution in [0.5, 0.6) is 0 Å². The molecule has 2 amide bonds. The van der Waals surface area contributed by atoms with E-state index in [1.54, 1.807) is 6.92 Å².